The lowest BCUT2D eigenvalue weighted by molar-refractivity contribution is 0.0996. The van der Waals surface area contributed by atoms with Crippen LogP contribution in [0, 0.1) is 6.92 Å². The smallest absolute Gasteiger partial charge is 0.291 e. The van der Waals surface area contributed by atoms with Crippen molar-refractivity contribution < 1.29 is 9.21 Å². The van der Waals surface area contributed by atoms with E-state index in [1.54, 1.807) is 18.2 Å². The quantitative estimate of drug-likeness (QED) is 0.783. The van der Waals surface area contributed by atoms with Gasteiger partial charge in [0, 0.05) is 5.69 Å². The molecule has 3 aromatic rings. The molecule has 0 fully saturated rings. The highest BCUT2D eigenvalue weighted by atomic mass is 16.3. The van der Waals surface area contributed by atoms with Crippen molar-refractivity contribution in [2.24, 2.45) is 0 Å². The van der Waals surface area contributed by atoms with Gasteiger partial charge in [-0.05, 0) is 47.2 Å². The number of nitrogens with one attached hydrogen (secondary N) is 1. The second-order valence-corrected chi connectivity index (χ2v) is 4.19. The van der Waals surface area contributed by atoms with E-state index in [9.17, 15) is 4.79 Å². The van der Waals surface area contributed by atoms with E-state index in [2.05, 4.69) is 20.8 Å². The molecule has 0 unspecified atom stereocenters. The van der Waals surface area contributed by atoms with Crippen LogP contribution in [0.15, 0.2) is 47.3 Å². The third-order valence-corrected chi connectivity index (χ3v) is 2.83. The summed E-state index contributed by atoms with van der Waals surface area (Å²) in [6.45, 7) is 1.90. The average molecular weight is 269 g/mol. The van der Waals surface area contributed by atoms with Crippen LogP contribution < -0.4 is 5.32 Å². The number of carbonyl (C=O) groups excluding carboxylic acids is 1. The average Bonchev–Trinajstić information content (AvgIpc) is 3.14. The molecule has 7 heteroatoms. The number of aromatic nitrogens is 4. The number of hydrogen-bond donors (Lipinski definition) is 1. The first-order valence-corrected chi connectivity index (χ1v) is 5.93. The van der Waals surface area contributed by atoms with E-state index >= 15 is 0 Å². The first-order valence-electron chi connectivity index (χ1n) is 5.93. The molecule has 7 nitrogen and oxygen atoms in total. The zero-order valence-electron chi connectivity index (χ0n) is 10.6. The van der Waals surface area contributed by atoms with E-state index in [-0.39, 0.29) is 11.7 Å². The summed E-state index contributed by atoms with van der Waals surface area (Å²) in [6.07, 6.45) is 2.95. The van der Waals surface area contributed by atoms with Gasteiger partial charge >= 0.3 is 0 Å². The second kappa shape index (κ2) is 4.96. The van der Waals surface area contributed by atoms with Crippen molar-refractivity contribution in [3.63, 3.8) is 0 Å². The van der Waals surface area contributed by atoms with Crippen molar-refractivity contribution in [3.05, 3.63) is 54.2 Å². The molecule has 100 valence electrons. The molecule has 0 atom stereocenters. The molecular weight excluding hydrogens is 258 g/mol. The van der Waals surface area contributed by atoms with E-state index in [1.807, 2.05) is 19.1 Å². The Hall–Kier alpha value is -2.96. The monoisotopic (exact) mass is 269 g/mol. The number of hydrogen-bond acceptors (Lipinski definition) is 5. The van der Waals surface area contributed by atoms with Gasteiger partial charge in [-0.1, -0.05) is 6.07 Å². The van der Waals surface area contributed by atoms with E-state index in [1.165, 1.54) is 17.3 Å². The summed E-state index contributed by atoms with van der Waals surface area (Å²) >= 11 is 0. The predicted molar refractivity (Wildman–Crippen MR) is 70.6 cm³/mol. The molecular formula is C13H11N5O2. The van der Waals surface area contributed by atoms with E-state index in [0.717, 1.165) is 11.3 Å². The molecule has 2 heterocycles. The highest BCUT2D eigenvalue weighted by Gasteiger charge is 2.11. The molecule has 0 spiro atoms. The van der Waals surface area contributed by atoms with Gasteiger partial charge in [0.05, 0.1) is 12.0 Å². The molecule has 2 aromatic heterocycles. The van der Waals surface area contributed by atoms with Gasteiger partial charge in [-0.15, -0.1) is 5.10 Å². The number of aryl methyl sites for hydroxylation is 1. The van der Waals surface area contributed by atoms with Crippen molar-refractivity contribution in [2.45, 2.75) is 6.92 Å². The molecule has 1 amide bonds. The Morgan fingerprint density at radius 3 is 2.95 bits per heavy atom. The molecule has 0 radical (unpaired) electrons. The number of amides is 1. The van der Waals surface area contributed by atoms with Crippen molar-refractivity contribution in [2.75, 3.05) is 5.32 Å². The van der Waals surface area contributed by atoms with Gasteiger partial charge in [-0.25, -0.2) is 4.68 Å². The zero-order valence-corrected chi connectivity index (χ0v) is 10.6. The Morgan fingerprint density at radius 1 is 1.35 bits per heavy atom. The maximum atomic E-state index is 12.0. The van der Waals surface area contributed by atoms with E-state index in [4.69, 9.17) is 4.42 Å². The van der Waals surface area contributed by atoms with Gasteiger partial charge < -0.3 is 9.73 Å². The lowest BCUT2D eigenvalue weighted by Crippen LogP contribution is -2.12. The van der Waals surface area contributed by atoms with E-state index in [0.29, 0.717) is 5.69 Å². The summed E-state index contributed by atoms with van der Waals surface area (Å²) in [5.41, 5.74) is 2.37. The third kappa shape index (κ3) is 2.28. The summed E-state index contributed by atoms with van der Waals surface area (Å²) in [4.78, 5) is 12.0. The summed E-state index contributed by atoms with van der Waals surface area (Å²) in [6, 6.07) is 8.82. The van der Waals surface area contributed by atoms with Gasteiger partial charge in [0.1, 0.15) is 6.33 Å². The van der Waals surface area contributed by atoms with Crippen molar-refractivity contribution in [3.8, 4) is 5.69 Å². The van der Waals surface area contributed by atoms with Crippen LogP contribution in [0.3, 0.4) is 0 Å². The molecule has 1 aromatic carbocycles. The standard InChI is InChI=1S/C13H11N5O2/c1-9-4-5-10(18-8-14-16-17-18)7-11(9)15-13(19)12-3-2-6-20-12/h2-8H,1H3,(H,15,19). The topological polar surface area (TPSA) is 85.8 Å². The Morgan fingerprint density at radius 2 is 2.25 bits per heavy atom. The molecule has 0 aliphatic heterocycles. The van der Waals surface area contributed by atoms with Crippen LogP contribution in [0.5, 0.6) is 0 Å². The largest absolute Gasteiger partial charge is 0.459 e. The van der Waals surface area contributed by atoms with Crippen LogP contribution in [-0.4, -0.2) is 26.1 Å². The summed E-state index contributed by atoms with van der Waals surface area (Å²) < 4.78 is 6.58. The summed E-state index contributed by atoms with van der Waals surface area (Å²) in [7, 11) is 0. The number of benzene rings is 1. The zero-order chi connectivity index (χ0) is 13.9. The Kier molecular flexibility index (Phi) is 3.00. The maximum Gasteiger partial charge on any atom is 0.291 e. The number of anilines is 1. The van der Waals surface area contributed by atoms with Gasteiger partial charge in [0.15, 0.2) is 5.76 Å². The molecule has 0 bridgehead atoms. The van der Waals surface area contributed by atoms with E-state index < -0.39 is 0 Å². The molecule has 3 rings (SSSR count). The Balaban J connectivity index is 1.89. The maximum absolute atomic E-state index is 12.0. The Labute approximate surface area is 114 Å². The van der Waals surface area contributed by atoms with Gasteiger partial charge in [0.25, 0.3) is 5.91 Å². The minimum Gasteiger partial charge on any atom is -0.459 e. The van der Waals surface area contributed by atoms with Crippen LogP contribution in [0.4, 0.5) is 5.69 Å². The second-order valence-electron chi connectivity index (χ2n) is 4.19. The number of carbonyl (C=O) groups is 1. The van der Waals surface area contributed by atoms with Crippen LogP contribution >= 0.6 is 0 Å². The minimum atomic E-state index is -0.299. The molecule has 0 aliphatic carbocycles. The number of tetrazole rings is 1. The highest BCUT2D eigenvalue weighted by molar-refractivity contribution is 6.02. The fraction of sp³-hybridized carbons (Fsp3) is 0.0769. The summed E-state index contributed by atoms with van der Waals surface area (Å²) in [5.74, 6) is -0.0378. The number of nitrogens with zero attached hydrogens (tertiary/aromatic N) is 4. The van der Waals surface area contributed by atoms with Crippen LogP contribution in [0.1, 0.15) is 16.1 Å². The van der Waals surface area contributed by atoms with Crippen molar-refractivity contribution in [1.29, 1.82) is 0 Å². The third-order valence-electron chi connectivity index (χ3n) is 2.83. The number of furan rings is 1. The molecule has 0 saturated carbocycles. The minimum absolute atomic E-state index is 0.261. The molecule has 1 N–H and O–H groups in total. The highest BCUT2D eigenvalue weighted by Crippen LogP contribution is 2.19. The fourth-order valence-corrected chi connectivity index (χ4v) is 1.76. The predicted octanol–water partition coefficient (Wildman–Crippen LogP) is 1.82. The molecule has 0 aliphatic rings. The van der Waals surface area contributed by atoms with Crippen molar-refractivity contribution in [1.82, 2.24) is 20.2 Å². The summed E-state index contributed by atoms with van der Waals surface area (Å²) in [5, 5.41) is 13.8. The SMILES string of the molecule is Cc1ccc(-n2cnnn2)cc1NC(=O)c1ccco1. The lowest BCUT2D eigenvalue weighted by atomic mass is 10.1. The van der Waals surface area contributed by atoms with Gasteiger partial charge in [0.2, 0.25) is 0 Å². The molecule has 20 heavy (non-hydrogen) atoms. The first-order chi connectivity index (χ1) is 9.74. The fourth-order valence-electron chi connectivity index (χ4n) is 1.76. The van der Waals surface area contributed by atoms with Gasteiger partial charge in [-0.2, -0.15) is 0 Å². The Bertz CT molecular complexity index is 719. The molecule has 0 saturated heterocycles. The normalized spacial score (nSPS) is 10.4. The number of rotatable bonds is 3. The van der Waals surface area contributed by atoms with Gasteiger partial charge in [-0.3, -0.25) is 4.79 Å². The lowest BCUT2D eigenvalue weighted by Gasteiger charge is -2.09. The van der Waals surface area contributed by atoms with Crippen molar-refractivity contribution >= 4 is 11.6 Å². The van der Waals surface area contributed by atoms with Crippen LogP contribution in [-0.2, 0) is 0 Å². The van der Waals surface area contributed by atoms with Crippen LogP contribution in [0.25, 0.3) is 5.69 Å². The first kappa shape index (κ1) is 12.1. The van der Waals surface area contributed by atoms with Crippen LogP contribution in [0.2, 0.25) is 0 Å².